The number of nitriles is 1. The molecule has 1 spiro atoms. The molecular weight excluding hydrogens is 651 g/mol. The fourth-order valence-corrected chi connectivity index (χ4v) is 10.1. The van der Waals surface area contributed by atoms with Crippen LogP contribution >= 0.6 is 11.8 Å². The van der Waals surface area contributed by atoms with E-state index in [0.29, 0.717) is 5.82 Å². The van der Waals surface area contributed by atoms with E-state index in [2.05, 4.69) is 140 Å². The zero-order valence-corrected chi connectivity index (χ0v) is 29.0. The zero-order chi connectivity index (χ0) is 34.6. The Bertz CT molecular complexity index is 2560. The van der Waals surface area contributed by atoms with Gasteiger partial charge in [-0.25, -0.2) is 9.97 Å². The van der Waals surface area contributed by atoms with Gasteiger partial charge in [-0.15, -0.1) is 0 Å². The Labute approximate surface area is 307 Å². The Morgan fingerprint density at radius 3 is 1.85 bits per heavy atom. The van der Waals surface area contributed by atoms with Gasteiger partial charge in [-0.1, -0.05) is 176 Å². The molecule has 6 aromatic carbocycles. The van der Waals surface area contributed by atoms with Crippen LogP contribution in [0.15, 0.2) is 186 Å². The third-order valence-electron chi connectivity index (χ3n) is 10.9. The van der Waals surface area contributed by atoms with E-state index in [1.807, 2.05) is 42.5 Å². The van der Waals surface area contributed by atoms with Crippen molar-refractivity contribution in [1.29, 1.82) is 5.26 Å². The number of nitrogens with zero attached hydrogens (tertiary/aromatic N) is 3. The molecule has 2 heterocycles. The highest BCUT2D eigenvalue weighted by Crippen LogP contribution is 2.65. The molecule has 2 aliphatic carbocycles. The fraction of sp³-hybridized carbons (Fsp3) is 0.0625. The minimum absolute atomic E-state index is 0.188. The first-order chi connectivity index (χ1) is 25.7. The molecule has 1 aliphatic heterocycles. The first-order valence-corrected chi connectivity index (χ1v) is 18.5. The van der Waals surface area contributed by atoms with Gasteiger partial charge in [0.1, 0.15) is 6.07 Å². The van der Waals surface area contributed by atoms with Gasteiger partial charge in [-0.2, -0.15) is 5.26 Å². The summed E-state index contributed by atoms with van der Waals surface area (Å²) in [4.78, 5) is 12.4. The average molecular weight is 682 g/mol. The molecule has 0 fully saturated rings. The number of benzene rings is 6. The lowest BCUT2D eigenvalue weighted by Gasteiger charge is -2.44. The van der Waals surface area contributed by atoms with Crippen LogP contribution in [-0.4, -0.2) is 9.97 Å². The van der Waals surface area contributed by atoms with E-state index < -0.39 is 5.41 Å². The molecule has 3 unspecified atom stereocenters. The lowest BCUT2D eigenvalue weighted by molar-refractivity contribution is 0.442. The Hall–Kier alpha value is -6.28. The number of fused-ring (bicyclic) bond motifs is 9. The molecule has 3 nitrogen and oxygen atoms in total. The van der Waals surface area contributed by atoms with E-state index in [9.17, 15) is 5.26 Å². The highest BCUT2D eigenvalue weighted by Gasteiger charge is 2.56. The van der Waals surface area contributed by atoms with Gasteiger partial charge in [0.25, 0.3) is 0 Å². The maximum atomic E-state index is 10.4. The van der Waals surface area contributed by atoms with Gasteiger partial charge in [-0.05, 0) is 45.5 Å². The van der Waals surface area contributed by atoms with Crippen molar-refractivity contribution in [2.75, 3.05) is 0 Å². The fourth-order valence-electron chi connectivity index (χ4n) is 8.66. The summed E-state index contributed by atoms with van der Waals surface area (Å²) in [7, 11) is 0. The summed E-state index contributed by atoms with van der Waals surface area (Å²) in [6.07, 6.45) is 9.13. The van der Waals surface area contributed by atoms with Crippen molar-refractivity contribution in [1.82, 2.24) is 9.97 Å². The highest BCUT2D eigenvalue weighted by atomic mass is 32.2. The monoisotopic (exact) mass is 681 g/mol. The van der Waals surface area contributed by atoms with Crippen LogP contribution in [0.3, 0.4) is 0 Å². The smallest absolute Gasteiger partial charge is 0.160 e. The normalized spacial score (nSPS) is 19.0. The van der Waals surface area contributed by atoms with Crippen LogP contribution in [0.25, 0.3) is 45.0 Å². The average Bonchev–Trinajstić information content (AvgIpc) is 3.52. The standard InChI is InChI=1S/C48H31N3S/c49-30-35-17-11-23-41-45(35)52-46-36(20-12-24-42(46)48(41)39-21-9-7-18-37(39)38-19-8-10-22-40(38)48)31-25-27-34(28-26-31)47-50-43(32-13-3-1-4-14-32)29-44(51-47)33-15-5-2-6-16-33/h1-29,37,39H. The van der Waals surface area contributed by atoms with Crippen LogP contribution in [0.1, 0.15) is 33.7 Å². The summed E-state index contributed by atoms with van der Waals surface area (Å²) in [6, 6.07) is 55.8. The van der Waals surface area contributed by atoms with Crippen molar-refractivity contribution in [2.24, 2.45) is 5.92 Å². The van der Waals surface area contributed by atoms with Crippen molar-refractivity contribution in [2.45, 2.75) is 21.1 Å². The van der Waals surface area contributed by atoms with Gasteiger partial charge in [0.05, 0.1) is 22.4 Å². The second kappa shape index (κ2) is 12.2. The molecule has 0 saturated heterocycles. The highest BCUT2D eigenvalue weighted by molar-refractivity contribution is 7.99. The number of allylic oxidation sites excluding steroid dienone is 4. The van der Waals surface area contributed by atoms with Gasteiger partial charge >= 0.3 is 0 Å². The molecule has 7 aromatic rings. The van der Waals surface area contributed by atoms with Gasteiger partial charge in [0.2, 0.25) is 0 Å². The molecule has 244 valence electrons. The molecule has 3 atom stereocenters. The predicted molar refractivity (Wildman–Crippen MR) is 210 cm³/mol. The number of hydrogen-bond donors (Lipinski definition) is 0. The summed E-state index contributed by atoms with van der Waals surface area (Å²) in [6.45, 7) is 0. The van der Waals surface area contributed by atoms with Gasteiger partial charge in [0, 0.05) is 38.3 Å². The molecule has 0 amide bonds. The Morgan fingerprint density at radius 2 is 1.13 bits per heavy atom. The van der Waals surface area contributed by atoms with Crippen molar-refractivity contribution in [3.8, 4) is 51.1 Å². The summed E-state index contributed by atoms with van der Waals surface area (Å²) < 4.78 is 0. The quantitative estimate of drug-likeness (QED) is 0.186. The molecule has 0 radical (unpaired) electrons. The van der Waals surface area contributed by atoms with Crippen molar-refractivity contribution >= 4 is 11.8 Å². The largest absolute Gasteiger partial charge is 0.228 e. The Morgan fingerprint density at radius 1 is 0.538 bits per heavy atom. The lowest BCUT2D eigenvalue weighted by Crippen LogP contribution is -2.38. The lowest BCUT2D eigenvalue weighted by atomic mass is 9.62. The summed E-state index contributed by atoms with van der Waals surface area (Å²) in [5, 5.41) is 10.4. The maximum absolute atomic E-state index is 10.4. The van der Waals surface area contributed by atoms with Crippen LogP contribution in [-0.2, 0) is 5.41 Å². The Balaban J connectivity index is 1.13. The zero-order valence-electron chi connectivity index (χ0n) is 28.1. The molecule has 1 aromatic heterocycles. The first-order valence-electron chi connectivity index (χ1n) is 17.6. The second-order valence-corrected chi connectivity index (χ2v) is 14.6. The number of rotatable bonds is 4. The van der Waals surface area contributed by atoms with Gasteiger partial charge in [0.15, 0.2) is 5.82 Å². The third-order valence-corrected chi connectivity index (χ3v) is 12.2. The van der Waals surface area contributed by atoms with Crippen LogP contribution in [0.4, 0.5) is 0 Å². The molecule has 4 heteroatoms. The van der Waals surface area contributed by atoms with Gasteiger partial charge in [-0.3, -0.25) is 0 Å². The third kappa shape index (κ3) is 4.60. The van der Waals surface area contributed by atoms with Crippen LogP contribution < -0.4 is 0 Å². The van der Waals surface area contributed by atoms with Crippen molar-refractivity contribution < 1.29 is 0 Å². The molecule has 3 aliphatic rings. The minimum atomic E-state index is -0.430. The van der Waals surface area contributed by atoms with E-state index in [0.717, 1.165) is 49.7 Å². The predicted octanol–water partition coefficient (Wildman–Crippen LogP) is 11.7. The first kappa shape index (κ1) is 30.5. The van der Waals surface area contributed by atoms with Crippen LogP contribution in [0.2, 0.25) is 0 Å². The summed E-state index contributed by atoms with van der Waals surface area (Å²) in [5.74, 6) is 1.13. The van der Waals surface area contributed by atoms with E-state index in [4.69, 9.17) is 9.97 Å². The molecule has 0 saturated carbocycles. The van der Waals surface area contributed by atoms with Gasteiger partial charge < -0.3 is 0 Å². The molecule has 10 rings (SSSR count). The number of hydrogen-bond acceptors (Lipinski definition) is 4. The van der Waals surface area contributed by atoms with E-state index >= 15 is 0 Å². The molecule has 0 bridgehead atoms. The molecule has 52 heavy (non-hydrogen) atoms. The van der Waals surface area contributed by atoms with E-state index in [1.165, 1.54) is 27.1 Å². The van der Waals surface area contributed by atoms with Crippen molar-refractivity contribution in [3.63, 3.8) is 0 Å². The Kier molecular flexibility index (Phi) is 7.16. The molecule has 0 N–H and O–H groups in total. The van der Waals surface area contributed by atoms with Crippen molar-refractivity contribution in [3.05, 3.63) is 204 Å². The SMILES string of the molecule is N#Cc1cccc2c1Sc1c(-c3ccc(-c4nc(-c5ccccc5)cc(-c5ccccc5)n4)cc3)cccc1C21c2ccccc2C2C=CC=CC21. The van der Waals surface area contributed by atoms with Crippen LogP contribution in [0, 0.1) is 17.2 Å². The van der Waals surface area contributed by atoms with E-state index in [-0.39, 0.29) is 11.8 Å². The van der Waals surface area contributed by atoms with E-state index in [1.54, 1.807) is 11.8 Å². The summed E-state index contributed by atoms with van der Waals surface area (Å²) in [5.41, 5.74) is 12.6. The molecular formula is C48H31N3S. The summed E-state index contributed by atoms with van der Waals surface area (Å²) >= 11 is 1.74. The number of aromatic nitrogens is 2. The topological polar surface area (TPSA) is 49.6 Å². The van der Waals surface area contributed by atoms with Crippen LogP contribution in [0.5, 0.6) is 0 Å². The maximum Gasteiger partial charge on any atom is 0.160 e. The second-order valence-electron chi connectivity index (χ2n) is 13.6. The minimum Gasteiger partial charge on any atom is -0.228 e.